The molecule has 1 aliphatic heterocycles. The number of carbonyl (C=O) groups is 1. The Balaban J connectivity index is 1.70. The van der Waals surface area contributed by atoms with Gasteiger partial charge in [0.05, 0.1) is 35.3 Å². The molecule has 6 rings (SSSR count). The van der Waals surface area contributed by atoms with E-state index < -0.39 is 11.7 Å². The topological polar surface area (TPSA) is 79.1 Å². The van der Waals surface area contributed by atoms with E-state index in [1.54, 1.807) is 13.3 Å². The first-order valence-corrected chi connectivity index (χ1v) is 13.3. The smallest absolute Gasteiger partial charge is 0.163 e. The number of fused-ring (bicyclic) bond motifs is 1. The molecule has 0 amide bonds. The molecule has 0 bridgehead atoms. The minimum Gasteiger partial charge on any atom is -0.493 e. The summed E-state index contributed by atoms with van der Waals surface area (Å²) in [5.74, 6) is 0.789. The maximum Gasteiger partial charge on any atom is 0.163 e. The van der Waals surface area contributed by atoms with Crippen molar-refractivity contribution in [3.8, 4) is 28.3 Å². The summed E-state index contributed by atoms with van der Waals surface area (Å²) in [6, 6.07) is 12.2. The Morgan fingerprint density at radius 1 is 1.10 bits per heavy atom. The van der Waals surface area contributed by atoms with Gasteiger partial charge in [0.15, 0.2) is 5.78 Å². The molecule has 7 heteroatoms. The standard InChI is InChI=1S/C32H32N4O3/c1-18-15-24-21(7-9-23(35-24)25-16-36(6)17-34-25)29(27(18)31(19(2)37)39-32(3,4)5)22-8-10-26-28-20(12-14-38-26)11-13-33-30(22)28/h7-11,13,15-17,31H,12,14H2,1-6H3/t31-/m1/s1. The van der Waals surface area contributed by atoms with Gasteiger partial charge in [0.1, 0.15) is 17.5 Å². The van der Waals surface area contributed by atoms with Gasteiger partial charge in [-0.3, -0.25) is 9.78 Å². The highest BCUT2D eigenvalue weighted by Crippen LogP contribution is 2.45. The Morgan fingerprint density at radius 3 is 2.64 bits per heavy atom. The molecule has 0 unspecified atom stereocenters. The van der Waals surface area contributed by atoms with Crippen molar-refractivity contribution < 1.29 is 14.3 Å². The molecule has 198 valence electrons. The Bertz CT molecular complexity index is 1750. The van der Waals surface area contributed by atoms with Crippen LogP contribution in [-0.4, -0.2) is 37.5 Å². The molecule has 3 aromatic heterocycles. The van der Waals surface area contributed by atoms with Gasteiger partial charge in [-0.25, -0.2) is 9.97 Å². The lowest BCUT2D eigenvalue weighted by atomic mass is 9.85. The van der Waals surface area contributed by atoms with Crippen molar-refractivity contribution in [3.05, 3.63) is 71.8 Å². The van der Waals surface area contributed by atoms with Gasteiger partial charge in [0, 0.05) is 42.2 Å². The van der Waals surface area contributed by atoms with E-state index in [1.165, 1.54) is 5.56 Å². The molecule has 0 N–H and O–H groups in total. The first kappa shape index (κ1) is 25.2. The molecule has 0 saturated heterocycles. The minimum atomic E-state index is -0.748. The highest BCUT2D eigenvalue weighted by atomic mass is 16.5. The Morgan fingerprint density at radius 2 is 1.92 bits per heavy atom. The maximum atomic E-state index is 13.2. The average molecular weight is 521 g/mol. The molecule has 0 aliphatic carbocycles. The van der Waals surface area contributed by atoms with Crippen LogP contribution < -0.4 is 4.74 Å². The van der Waals surface area contributed by atoms with Crippen LogP contribution in [0.3, 0.4) is 0 Å². The monoisotopic (exact) mass is 520 g/mol. The molecule has 2 aromatic carbocycles. The van der Waals surface area contributed by atoms with Gasteiger partial charge in [-0.2, -0.15) is 0 Å². The van der Waals surface area contributed by atoms with Crippen molar-refractivity contribution in [2.75, 3.05) is 6.61 Å². The number of aryl methyl sites for hydroxylation is 2. The van der Waals surface area contributed by atoms with Crippen LogP contribution in [0.15, 0.2) is 55.1 Å². The van der Waals surface area contributed by atoms with Crippen molar-refractivity contribution in [2.45, 2.75) is 52.7 Å². The Labute approximate surface area is 227 Å². The molecule has 1 atom stereocenters. The molecule has 0 saturated carbocycles. The second kappa shape index (κ2) is 9.27. The highest BCUT2D eigenvalue weighted by molar-refractivity contribution is 6.08. The van der Waals surface area contributed by atoms with Crippen molar-refractivity contribution in [1.29, 1.82) is 0 Å². The molecule has 1 aliphatic rings. The molecule has 0 spiro atoms. The number of pyridine rings is 2. The van der Waals surface area contributed by atoms with E-state index in [4.69, 9.17) is 19.4 Å². The zero-order valence-corrected chi connectivity index (χ0v) is 23.2. The lowest BCUT2D eigenvalue weighted by Crippen LogP contribution is -2.27. The zero-order valence-electron chi connectivity index (χ0n) is 23.2. The summed E-state index contributed by atoms with van der Waals surface area (Å²) < 4.78 is 14.4. The fourth-order valence-electron chi connectivity index (χ4n) is 5.54. The number of Topliss-reactive ketones (excluding diaryl/α,β-unsaturated/α-hetero) is 1. The average Bonchev–Trinajstić information content (AvgIpc) is 3.33. The summed E-state index contributed by atoms with van der Waals surface area (Å²) in [5, 5.41) is 1.95. The Hall–Kier alpha value is -4.10. The summed E-state index contributed by atoms with van der Waals surface area (Å²) in [7, 11) is 1.94. The third-order valence-corrected chi connectivity index (χ3v) is 7.15. The Kier molecular flexibility index (Phi) is 5.99. The number of ketones is 1. The number of nitrogens with zero attached hydrogens (tertiary/aromatic N) is 4. The van der Waals surface area contributed by atoms with E-state index >= 15 is 0 Å². The number of carbonyl (C=O) groups excluding carboxylic acids is 1. The third kappa shape index (κ3) is 4.46. The summed E-state index contributed by atoms with van der Waals surface area (Å²) >= 11 is 0. The summed E-state index contributed by atoms with van der Waals surface area (Å²) in [6.45, 7) is 10.2. The van der Waals surface area contributed by atoms with Gasteiger partial charge in [-0.15, -0.1) is 0 Å². The van der Waals surface area contributed by atoms with Gasteiger partial charge < -0.3 is 14.0 Å². The van der Waals surface area contributed by atoms with Gasteiger partial charge >= 0.3 is 0 Å². The van der Waals surface area contributed by atoms with Crippen molar-refractivity contribution in [3.63, 3.8) is 0 Å². The fourth-order valence-corrected chi connectivity index (χ4v) is 5.54. The second-order valence-electron chi connectivity index (χ2n) is 11.3. The lowest BCUT2D eigenvalue weighted by Gasteiger charge is -2.30. The maximum absolute atomic E-state index is 13.2. The van der Waals surface area contributed by atoms with Crippen LogP contribution in [0.1, 0.15) is 50.5 Å². The van der Waals surface area contributed by atoms with Crippen molar-refractivity contribution in [1.82, 2.24) is 19.5 Å². The zero-order chi connectivity index (χ0) is 27.5. The number of ether oxygens (including phenoxy) is 2. The lowest BCUT2D eigenvalue weighted by molar-refractivity contribution is -0.138. The summed E-state index contributed by atoms with van der Waals surface area (Å²) in [5.41, 5.74) is 7.58. The SMILES string of the molecule is CC(=O)[C@@H](OC(C)(C)C)c1c(C)cc2nc(-c3cn(C)cn3)ccc2c1-c1ccc2c3c(ccnc13)CCO2. The van der Waals surface area contributed by atoms with Crippen molar-refractivity contribution in [2.24, 2.45) is 7.05 Å². The molecule has 39 heavy (non-hydrogen) atoms. The second-order valence-corrected chi connectivity index (χ2v) is 11.3. The van der Waals surface area contributed by atoms with Gasteiger partial charge in [0.2, 0.25) is 0 Å². The molecule has 5 aromatic rings. The van der Waals surface area contributed by atoms with E-state index in [-0.39, 0.29) is 5.78 Å². The number of imidazole rings is 1. The molecule has 0 fully saturated rings. The van der Waals surface area contributed by atoms with Crippen LogP contribution in [0.5, 0.6) is 5.75 Å². The fraction of sp³-hybridized carbons (Fsp3) is 0.312. The number of benzene rings is 2. The van der Waals surface area contributed by atoms with E-state index in [1.807, 2.05) is 69.9 Å². The van der Waals surface area contributed by atoms with Gasteiger partial charge in [-0.1, -0.05) is 0 Å². The van der Waals surface area contributed by atoms with E-state index in [0.29, 0.717) is 6.61 Å². The molecular weight excluding hydrogens is 488 g/mol. The van der Waals surface area contributed by atoms with E-state index in [0.717, 1.165) is 67.6 Å². The summed E-state index contributed by atoms with van der Waals surface area (Å²) in [4.78, 5) is 27.5. The summed E-state index contributed by atoms with van der Waals surface area (Å²) in [6.07, 6.45) is 5.66. The van der Waals surface area contributed by atoms with Crippen molar-refractivity contribution >= 4 is 27.6 Å². The molecule has 7 nitrogen and oxygen atoms in total. The number of hydrogen-bond donors (Lipinski definition) is 0. The minimum absolute atomic E-state index is 0.0503. The first-order chi connectivity index (χ1) is 18.6. The normalized spacial score (nSPS) is 14.0. The van der Waals surface area contributed by atoms with E-state index in [2.05, 4.69) is 23.2 Å². The van der Waals surface area contributed by atoms with Crippen LogP contribution in [0, 0.1) is 6.92 Å². The number of rotatable bonds is 5. The highest BCUT2D eigenvalue weighted by Gasteiger charge is 2.31. The van der Waals surface area contributed by atoms with Crippen LogP contribution in [0.25, 0.3) is 44.3 Å². The van der Waals surface area contributed by atoms with E-state index in [9.17, 15) is 4.79 Å². The number of hydrogen-bond acceptors (Lipinski definition) is 6. The van der Waals surface area contributed by atoms with Crippen LogP contribution in [-0.2, 0) is 23.0 Å². The van der Waals surface area contributed by atoms with Gasteiger partial charge in [0.25, 0.3) is 0 Å². The largest absolute Gasteiger partial charge is 0.493 e. The third-order valence-electron chi connectivity index (χ3n) is 7.15. The van der Waals surface area contributed by atoms with Crippen LogP contribution in [0.4, 0.5) is 0 Å². The quantitative estimate of drug-likeness (QED) is 0.262. The molecule has 4 heterocycles. The first-order valence-electron chi connectivity index (χ1n) is 13.3. The molecular formula is C32H32N4O3. The van der Waals surface area contributed by atoms with Gasteiger partial charge in [-0.05, 0) is 93.3 Å². The molecule has 0 radical (unpaired) electrons. The predicted octanol–water partition coefficient (Wildman–Crippen LogP) is 6.54. The number of aromatic nitrogens is 4. The van der Waals surface area contributed by atoms with Crippen LogP contribution >= 0.6 is 0 Å². The predicted molar refractivity (Wildman–Crippen MR) is 153 cm³/mol. The van der Waals surface area contributed by atoms with Crippen LogP contribution in [0.2, 0.25) is 0 Å².